The average Bonchev–Trinajstić information content (AvgIpc) is 3.11. The molecule has 3 aromatic rings. The second kappa shape index (κ2) is 9.86. The molecule has 2 aromatic carbocycles. The van der Waals surface area contributed by atoms with E-state index in [2.05, 4.69) is 15.7 Å². The van der Waals surface area contributed by atoms with E-state index < -0.39 is 4.92 Å². The topological polar surface area (TPSA) is 119 Å². The van der Waals surface area contributed by atoms with Crippen molar-refractivity contribution in [3.63, 3.8) is 0 Å². The van der Waals surface area contributed by atoms with Crippen LogP contribution in [-0.2, 0) is 4.79 Å². The monoisotopic (exact) mass is 441 g/mol. The second-order valence-corrected chi connectivity index (χ2v) is 7.21. The van der Waals surface area contributed by atoms with Crippen LogP contribution in [0.4, 0.5) is 11.5 Å². The minimum absolute atomic E-state index is 0.0288. The van der Waals surface area contributed by atoms with Crippen molar-refractivity contribution in [2.45, 2.75) is 19.8 Å². The van der Waals surface area contributed by atoms with E-state index in [-0.39, 0.29) is 23.9 Å². The number of halogens is 1. The zero-order valence-electron chi connectivity index (χ0n) is 16.7. The van der Waals surface area contributed by atoms with Gasteiger partial charge in [0.15, 0.2) is 0 Å². The Morgan fingerprint density at radius 2 is 1.81 bits per heavy atom. The van der Waals surface area contributed by atoms with Gasteiger partial charge in [-0.2, -0.15) is 5.10 Å². The molecule has 0 aliphatic heterocycles. The molecule has 0 aliphatic rings. The number of nitro groups is 1. The third-order valence-electron chi connectivity index (χ3n) is 4.38. The molecule has 0 aliphatic carbocycles. The lowest BCUT2D eigenvalue weighted by Crippen LogP contribution is -2.25. The number of non-ortho nitro benzene ring substituents is 1. The number of hydrogen-bond acceptors (Lipinski definition) is 5. The molecule has 0 unspecified atom stereocenters. The van der Waals surface area contributed by atoms with Gasteiger partial charge >= 0.3 is 0 Å². The third-order valence-corrected chi connectivity index (χ3v) is 4.63. The van der Waals surface area contributed by atoms with Crippen molar-refractivity contribution in [3.05, 3.63) is 81.0 Å². The van der Waals surface area contributed by atoms with E-state index in [1.165, 1.54) is 16.8 Å². The largest absolute Gasteiger partial charge is 0.352 e. The van der Waals surface area contributed by atoms with E-state index in [0.717, 1.165) is 0 Å². The van der Waals surface area contributed by atoms with Crippen LogP contribution in [0.15, 0.2) is 54.6 Å². The van der Waals surface area contributed by atoms with Crippen LogP contribution >= 0.6 is 11.6 Å². The van der Waals surface area contributed by atoms with E-state index in [1.54, 1.807) is 49.4 Å². The predicted octanol–water partition coefficient (Wildman–Crippen LogP) is 3.89. The molecule has 9 nitrogen and oxygen atoms in total. The first-order valence-electron chi connectivity index (χ1n) is 9.48. The molecule has 3 rings (SSSR count). The highest BCUT2D eigenvalue weighted by atomic mass is 35.5. The van der Waals surface area contributed by atoms with Crippen LogP contribution in [0.25, 0.3) is 5.69 Å². The summed E-state index contributed by atoms with van der Waals surface area (Å²) in [7, 11) is 0. The van der Waals surface area contributed by atoms with Crippen molar-refractivity contribution in [3.8, 4) is 5.69 Å². The number of nitrogens with one attached hydrogen (secondary N) is 2. The van der Waals surface area contributed by atoms with E-state index in [1.807, 2.05) is 0 Å². The Balaban J connectivity index is 1.53. The molecule has 1 heterocycles. The molecule has 31 heavy (non-hydrogen) atoms. The van der Waals surface area contributed by atoms with Gasteiger partial charge < -0.3 is 10.6 Å². The van der Waals surface area contributed by atoms with Crippen molar-refractivity contribution in [1.82, 2.24) is 15.1 Å². The minimum Gasteiger partial charge on any atom is -0.352 e. The Morgan fingerprint density at radius 1 is 1.13 bits per heavy atom. The van der Waals surface area contributed by atoms with Gasteiger partial charge in [0.05, 0.1) is 16.3 Å². The molecule has 10 heteroatoms. The van der Waals surface area contributed by atoms with Crippen LogP contribution in [0.5, 0.6) is 0 Å². The number of aryl methyl sites for hydroxylation is 1. The average molecular weight is 442 g/mol. The van der Waals surface area contributed by atoms with Crippen molar-refractivity contribution in [2.24, 2.45) is 0 Å². The molecule has 0 saturated heterocycles. The molecule has 2 N–H and O–H groups in total. The van der Waals surface area contributed by atoms with Crippen LogP contribution in [0.3, 0.4) is 0 Å². The van der Waals surface area contributed by atoms with Gasteiger partial charge in [-0.05, 0) is 49.7 Å². The molecule has 2 amide bonds. The second-order valence-electron chi connectivity index (χ2n) is 6.77. The lowest BCUT2D eigenvalue weighted by molar-refractivity contribution is -0.384. The number of anilines is 1. The van der Waals surface area contributed by atoms with E-state index in [0.29, 0.717) is 40.8 Å². The Kier molecular flexibility index (Phi) is 6.99. The van der Waals surface area contributed by atoms with Gasteiger partial charge in [-0.1, -0.05) is 11.6 Å². The summed E-state index contributed by atoms with van der Waals surface area (Å²) in [6.45, 7) is 2.12. The standard InChI is InChI=1S/C21H20ClN5O4/c1-14-13-19(26(25-14)17-8-10-18(11-9-17)27(30)31)24-20(28)3-2-12-23-21(29)15-4-6-16(22)7-5-15/h4-11,13H,2-3,12H2,1H3,(H,23,29)(H,24,28). The summed E-state index contributed by atoms with van der Waals surface area (Å²) in [4.78, 5) is 34.7. The molecule has 0 spiro atoms. The van der Waals surface area contributed by atoms with Crippen LogP contribution < -0.4 is 10.6 Å². The fourth-order valence-corrected chi connectivity index (χ4v) is 2.99. The number of aromatic nitrogens is 2. The van der Waals surface area contributed by atoms with Crippen molar-refractivity contribution < 1.29 is 14.5 Å². The molecule has 1 aromatic heterocycles. The van der Waals surface area contributed by atoms with Crippen molar-refractivity contribution in [2.75, 3.05) is 11.9 Å². The number of nitro benzene ring substituents is 1. The number of carbonyl (C=O) groups is 2. The highest BCUT2D eigenvalue weighted by Gasteiger charge is 2.13. The lowest BCUT2D eigenvalue weighted by atomic mass is 10.2. The lowest BCUT2D eigenvalue weighted by Gasteiger charge is -2.09. The van der Waals surface area contributed by atoms with Crippen LogP contribution in [-0.4, -0.2) is 33.1 Å². The number of benzene rings is 2. The maximum atomic E-state index is 12.3. The van der Waals surface area contributed by atoms with Gasteiger partial charge in [-0.3, -0.25) is 19.7 Å². The van der Waals surface area contributed by atoms with Gasteiger partial charge in [0, 0.05) is 41.8 Å². The van der Waals surface area contributed by atoms with E-state index in [9.17, 15) is 19.7 Å². The third kappa shape index (κ3) is 5.89. The molecular weight excluding hydrogens is 422 g/mol. The van der Waals surface area contributed by atoms with Crippen LogP contribution in [0.2, 0.25) is 5.02 Å². The number of rotatable bonds is 8. The Morgan fingerprint density at radius 3 is 2.45 bits per heavy atom. The summed E-state index contributed by atoms with van der Waals surface area (Å²) in [6.07, 6.45) is 0.654. The van der Waals surface area contributed by atoms with Gasteiger partial charge in [0.2, 0.25) is 5.91 Å². The first-order valence-corrected chi connectivity index (χ1v) is 9.86. The van der Waals surface area contributed by atoms with Crippen molar-refractivity contribution >= 4 is 34.9 Å². The molecule has 0 fully saturated rings. The highest BCUT2D eigenvalue weighted by Crippen LogP contribution is 2.20. The molecular formula is C21H20ClN5O4. The number of amides is 2. The predicted molar refractivity (Wildman–Crippen MR) is 117 cm³/mol. The maximum absolute atomic E-state index is 12.3. The van der Waals surface area contributed by atoms with Crippen LogP contribution in [0, 0.1) is 17.0 Å². The molecule has 160 valence electrons. The summed E-state index contributed by atoms with van der Waals surface area (Å²) in [5.41, 5.74) is 1.74. The zero-order chi connectivity index (χ0) is 22.4. The molecule has 0 bridgehead atoms. The fourth-order valence-electron chi connectivity index (χ4n) is 2.86. The van der Waals surface area contributed by atoms with Gasteiger partial charge in [-0.15, -0.1) is 0 Å². The summed E-state index contributed by atoms with van der Waals surface area (Å²) in [6, 6.07) is 14.1. The summed E-state index contributed by atoms with van der Waals surface area (Å²) in [5.74, 6) is -0.00527. The molecule has 0 radical (unpaired) electrons. The summed E-state index contributed by atoms with van der Waals surface area (Å²) in [5, 5.41) is 21.3. The number of hydrogen-bond donors (Lipinski definition) is 2. The number of nitrogens with zero attached hydrogens (tertiary/aromatic N) is 3. The Hall–Kier alpha value is -3.72. The summed E-state index contributed by atoms with van der Waals surface area (Å²) >= 11 is 5.81. The zero-order valence-corrected chi connectivity index (χ0v) is 17.4. The van der Waals surface area contributed by atoms with E-state index in [4.69, 9.17) is 11.6 Å². The first-order chi connectivity index (χ1) is 14.8. The SMILES string of the molecule is Cc1cc(NC(=O)CCCNC(=O)c2ccc(Cl)cc2)n(-c2ccc([N+](=O)[O-])cc2)n1. The Labute approximate surface area is 183 Å². The van der Waals surface area contributed by atoms with Gasteiger partial charge in [0.1, 0.15) is 5.82 Å². The first kappa shape index (κ1) is 22.0. The van der Waals surface area contributed by atoms with Gasteiger partial charge in [0.25, 0.3) is 11.6 Å². The summed E-state index contributed by atoms with van der Waals surface area (Å²) < 4.78 is 1.51. The number of carbonyl (C=O) groups excluding carboxylic acids is 2. The molecule has 0 atom stereocenters. The fraction of sp³-hybridized carbons (Fsp3) is 0.190. The quantitative estimate of drug-likeness (QED) is 0.312. The van der Waals surface area contributed by atoms with Crippen LogP contribution in [0.1, 0.15) is 28.9 Å². The highest BCUT2D eigenvalue weighted by molar-refractivity contribution is 6.30. The van der Waals surface area contributed by atoms with E-state index >= 15 is 0 Å². The smallest absolute Gasteiger partial charge is 0.269 e. The van der Waals surface area contributed by atoms with Crippen molar-refractivity contribution in [1.29, 1.82) is 0 Å². The maximum Gasteiger partial charge on any atom is 0.269 e. The Bertz CT molecular complexity index is 1090. The van der Waals surface area contributed by atoms with Gasteiger partial charge in [-0.25, -0.2) is 4.68 Å². The minimum atomic E-state index is -0.480. The normalized spacial score (nSPS) is 10.5. The molecule has 0 saturated carbocycles.